The van der Waals surface area contributed by atoms with Gasteiger partial charge in [0.2, 0.25) is 5.91 Å². The number of carbonyl (C=O) groups excluding carboxylic acids is 1. The number of benzene rings is 1. The monoisotopic (exact) mass is 292 g/mol. The van der Waals surface area contributed by atoms with Crippen LogP contribution in [0.25, 0.3) is 11.1 Å². The molecule has 21 heavy (non-hydrogen) atoms. The highest BCUT2D eigenvalue weighted by Crippen LogP contribution is 2.12. The molecule has 2 rings (SSSR count). The normalized spacial score (nSPS) is 10.7. The van der Waals surface area contributed by atoms with Crippen LogP contribution in [0, 0.1) is 0 Å². The van der Waals surface area contributed by atoms with Gasteiger partial charge in [-0.15, -0.1) is 0 Å². The summed E-state index contributed by atoms with van der Waals surface area (Å²) in [5.41, 5.74) is 0.967. The van der Waals surface area contributed by atoms with Crippen molar-refractivity contribution >= 4 is 23.0 Å². The predicted octanol–water partition coefficient (Wildman–Crippen LogP) is 0.918. The van der Waals surface area contributed by atoms with Crippen molar-refractivity contribution in [2.45, 2.75) is 19.9 Å². The third kappa shape index (κ3) is 3.31. The second-order valence-corrected chi connectivity index (χ2v) is 4.54. The van der Waals surface area contributed by atoms with Gasteiger partial charge in [-0.25, -0.2) is 4.79 Å². The topological polar surface area (TPSA) is 92.8 Å². The molecule has 0 spiro atoms. The number of hydrogen-bond donors (Lipinski definition) is 1. The lowest BCUT2D eigenvalue weighted by Gasteiger charge is -2.19. The van der Waals surface area contributed by atoms with E-state index >= 15 is 0 Å². The van der Waals surface area contributed by atoms with E-state index < -0.39 is 11.7 Å². The van der Waals surface area contributed by atoms with Crippen LogP contribution in [0.2, 0.25) is 0 Å². The number of amides is 1. The summed E-state index contributed by atoms with van der Waals surface area (Å²) in [4.78, 5) is 35.9. The SMILES string of the molecule is CCN(CCC(=O)O)C(=O)Cn1c(=O)oc2ccccc21. The molecule has 0 aliphatic rings. The Labute approximate surface area is 120 Å². The Balaban J connectivity index is 2.18. The van der Waals surface area contributed by atoms with Gasteiger partial charge in [0.15, 0.2) is 5.58 Å². The van der Waals surface area contributed by atoms with Crippen molar-refractivity contribution in [3.05, 3.63) is 34.8 Å². The molecule has 2 aromatic rings. The largest absolute Gasteiger partial charge is 0.481 e. The minimum Gasteiger partial charge on any atom is -0.481 e. The van der Waals surface area contributed by atoms with Crippen molar-refractivity contribution in [3.63, 3.8) is 0 Å². The van der Waals surface area contributed by atoms with Crippen LogP contribution >= 0.6 is 0 Å². The lowest BCUT2D eigenvalue weighted by atomic mass is 10.3. The molecule has 0 aliphatic carbocycles. The number of hydrogen-bond acceptors (Lipinski definition) is 4. The van der Waals surface area contributed by atoms with Gasteiger partial charge in [-0.2, -0.15) is 0 Å². The molecule has 0 fully saturated rings. The van der Waals surface area contributed by atoms with E-state index in [9.17, 15) is 14.4 Å². The average molecular weight is 292 g/mol. The number of carbonyl (C=O) groups is 2. The zero-order valence-corrected chi connectivity index (χ0v) is 11.6. The van der Waals surface area contributed by atoms with E-state index in [0.29, 0.717) is 17.6 Å². The highest BCUT2D eigenvalue weighted by Gasteiger charge is 2.17. The van der Waals surface area contributed by atoms with Crippen LogP contribution < -0.4 is 5.76 Å². The van der Waals surface area contributed by atoms with Gasteiger partial charge in [0.1, 0.15) is 6.54 Å². The molecule has 1 aromatic heterocycles. The van der Waals surface area contributed by atoms with E-state index in [0.717, 1.165) is 0 Å². The number of aliphatic carboxylic acids is 1. The zero-order valence-electron chi connectivity index (χ0n) is 11.6. The molecular formula is C14H16N2O5. The number of para-hydroxylation sites is 2. The van der Waals surface area contributed by atoms with Crippen molar-refractivity contribution in [1.82, 2.24) is 9.47 Å². The third-order valence-corrected chi connectivity index (χ3v) is 3.20. The summed E-state index contributed by atoms with van der Waals surface area (Å²) in [5.74, 6) is -1.88. The van der Waals surface area contributed by atoms with E-state index in [-0.39, 0.29) is 25.4 Å². The van der Waals surface area contributed by atoms with Crippen LogP contribution in [0.1, 0.15) is 13.3 Å². The van der Waals surface area contributed by atoms with Crippen LogP contribution in [0.5, 0.6) is 0 Å². The maximum atomic E-state index is 12.2. The van der Waals surface area contributed by atoms with Crippen molar-refractivity contribution in [2.75, 3.05) is 13.1 Å². The zero-order chi connectivity index (χ0) is 15.4. The van der Waals surface area contributed by atoms with Gasteiger partial charge < -0.3 is 14.4 Å². The van der Waals surface area contributed by atoms with Crippen LogP contribution in [0.3, 0.4) is 0 Å². The Morgan fingerprint density at radius 1 is 1.33 bits per heavy atom. The van der Waals surface area contributed by atoms with Gasteiger partial charge in [-0.1, -0.05) is 12.1 Å². The summed E-state index contributed by atoms with van der Waals surface area (Å²) in [6.45, 7) is 2.10. The summed E-state index contributed by atoms with van der Waals surface area (Å²) in [6.07, 6.45) is -0.124. The molecule has 1 heterocycles. The summed E-state index contributed by atoms with van der Waals surface area (Å²) in [5, 5.41) is 8.67. The number of nitrogens with zero attached hydrogens (tertiary/aromatic N) is 2. The van der Waals surface area contributed by atoms with Crippen molar-refractivity contribution in [2.24, 2.45) is 0 Å². The summed E-state index contributed by atoms with van der Waals surface area (Å²) >= 11 is 0. The first-order valence-electron chi connectivity index (χ1n) is 6.61. The van der Waals surface area contributed by atoms with Crippen LogP contribution in [-0.2, 0) is 16.1 Å². The number of rotatable bonds is 6. The Morgan fingerprint density at radius 3 is 2.71 bits per heavy atom. The molecule has 0 bridgehead atoms. The minimum atomic E-state index is -0.966. The highest BCUT2D eigenvalue weighted by atomic mass is 16.4. The number of oxazole rings is 1. The molecular weight excluding hydrogens is 276 g/mol. The van der Waals surface area contributed by atoms with E-state index in [4.69, 9.17) is 9.52 Å². The smallest absolute Gasteiger partial charge is 0.420 e. The van der Waals surface area contributed by atoms with Crippen molar-refractivity contribution < 1.29 is 19.1 Å². The maximum absolute atomic E-state index is 12.2. The van der Waals surface area contributed by atoms with Crippen molar-refractivity contribution in [1.29, 1.82) is 0 Å². The predicted molar refractivity (Wildman–Crippen MR) is 75.0 cm³/mol. The Kier molecular flexibility index (Phi) is 4.42. The third-order valence-electron chi connectivity index (χ3n) is 3.20. The minimum absolute atomic E-state index is 0.120. The average Bonchev–Trinajstić information content (AvgIpc) is 2.76. The van der Waals surface area contributed by atoms with E-state index in [1.807, 2.05) is 0 Å². The van der Waals surface area contributed by atoms with Gasteiger partial charge in [0.05, 0.1) is 11.9 Å². The fraction of sp³-hybridized carbons (Fsp3) is 0.357. The lowest BCUT2D eigenvalue weighted by molar-refractivity contribution is -0.138. The first-order valence-corrected chi connectivity index (χ1v) is 6.61. The molecule has 0 unspecified atom stereocenters. The molecule has 0 radical (unpaired) electrons. The molecule has 112 valence electrons. The molecule has 0 saturated heterocycles. The maximum Gasteiger partial charge on any atom is 0.420 e. The molecule has 1 amide bonds. The quantitative estimate of drug-likeness (QED) is 0.854. The van der Waals surface area contributed by atoms with Gasteiger partial charge in [-0.3, -0.25) is 14.2 Å². The van der Waals surface area contributed by atoms with E-state index in [1.165, 1.54) is 9.47 Å². The number of carboxylic acids is 1. The lowest BCUT2D eigenvalue weighted by Crippen LogP contribution is -2.36. The van der Waals surface area contributed by atoms with Gasteiger partial charge in [-0.05, 0) is 19.1 Å². The fourth-order valence-electron chi connectivity index (χ4n) is 2.09. The Morgan fingerprint density at radius 2 is 2.05 bits per heavy atom. The number of fused-ring (bicyclic) bond motifs is 1. The summed E-state index contributed by atoms with van der Waals surface area (Å²) in [6, 6.07) is 6.84. The second kappa shape index (κ2) is 6.25. The highest BCUT2D eigenvalue weighted by molar-refractivity contribution is 5.80. The molecule has 1 N–H and O–H groups in total. The first-order chi connectivity index (χ1) is 10.0. The molecule has 7 nitrogen and oxygen atoms in total. The van der Waals surface area contributed by atoms with Crippen LogP contribution in [0.4, 0.5) is 0 Å². The summed E-state index contributed by atoms with van der Waals surface area (Å²) in [7, 11) is 0. The van der Waals surface area contributed by atoms with Crippen LogP contribution in [-0.4, -0.2) is 39.5 Å². The van der Waals surface area contributed by atoms with E-state index in [1.54, 1.807) is 31.2 Å². The number of carboxylic acid groups (broad SMARTS) is 1. The first kappa shape index (κ1) is 14.8. The molecule has 0 atom stereocenters. The number of likely N-dealkylation sites (N-methyl/N-ethyl adjacent to an activating group) is 1. The van der Waals surface area contributed by atoms with Crippen molar-refractivity contribution in [3.8, 4) is 0 Å². The van der Waals surface area contributed by atoms with Gasteiger partial charge >= 0.3 is 11.7 Å². The fourth-order valence-corrected chi connectivity index (χ4v) is 2.09. The summed E-state index contributed by atoms with van der Waals surface area (Å²) < 4.78 is 6.31. The van der Waals surface area contributed by atoms with Gasteiger partial charge in [0, 0.05) is 13.1 Å². The molecule has 7 heteroatoms. The number of aromatic nitrogens is 1. The van der Waals surface area contributed by atoms with E-state index in [2.05, 4.69) is 0 Å². The second-order valence-electron chi connectivity index (χ2n) is 4.54. The van der Waals surface area contributed by atoms with Gasteiger partial charge in [0.25, 0.3) is 0 Å². The molecule has 0 saturated carbocycles. The standard InChI is InChI=1S/C14H16N2O5/c1-2-15(8-7-13(18)19)12(17)9-16-10-5-3-4-6-11(10)21-14(16)20/h3-6H,2,7-9H2,1H3,(H,18,19). The molecule has 1 aromatic carbocycles. The Bertz CT molecular complexity index is 715. The molecule has 0 aliphatic heterocycles. The van der Waals surface area contributed by atoms with Crippen LogP contribution in [0.15, 0.2) is 33.5 Å². The Hall–Kier alpha value is -2.57.